The maximum absolute atomic E-state index is 12.9. The van der Waals surface area contributed by atoms with Crippen molar-refractivity contribution >= 4 is 34.8 Å². The molecule has 2 N–H and O–H groups in total. The first-order valence-corrected chi connectivity index (χ1v) is 9.32. The van der Waals surface area contributed by atoms with Crippen LogP contribution in [0, 0.1) is 0 Å². The number of fused-ring (bicyclic) bond motifs is 2. The van der Waals surface area contributed by atoms with Crippen LogP contribution in [-0.4, -0.2) is 61.8 Å². The molecule has 0 unspecified atom stereocenters. The molecule has 0 bridgehead atoms. The summed E-state index contributed by atoms with van der Waals surface area (Å²) >= 11 is 0. The van der Waals surface area contributed by atoms with Crippen molar-refractivity contribution in [1.29, 1.82) is 0 Å². The van der Waals surface area contributed by atoms with E-state index < -0.39 is 23.3 Å². The lowest BCUT2D eigenvalue weighted by Crippen LogP contribution is -2.29. The summed E-state index contributed by atoms with van der Waals surface area (Å²) in [7, 11) is 3.29. The molecule has 4 rings (SSSR count). The number of aromatic nitrogens is 2. The van der Waals surface area contributed by atoms with Gasteiger partial charge < -0.3 is 15.1 Å². The second kappa shape index (κ2) is 7.52. The van der Waals surface area contributed by atoms with Crippen LogP contribution in [0.2, 0.25) is 0 Å². The molecule has 9 nitrogen and oxygen atoms in total. The van der Waals surface area contributed by atoms with E-state index in [1.54, 1.807) is 44.4 Å². The summed E-state index contributed by atoms with van der Waals surface area (Å²) in [6, 6.07) is 6.99. The van der Waals surface area contributed by atoms with Crippen LogP contribution in [0.15, 0.2) is 42.7 Å². The smallest absolute Gasteiger partial charge is 0.265 e. The molecule has 1 aliphatic rings. The molecule has 0 radical (unpaired) electrons. The van der Waals surface area contributed by atoms with E-state index in [4.69, 9.17) is 0 Å². The molecule has 31 heavy (non-hydrogen) atoms. The zero-order valence-corrected chi connectivity index (χ0v) is 16.7. The Morgan fingerprint density at radius 1 is 1.03 bits per heavy atom. The highest BCUT2D eigenvalue weighted by Gasteiger charge is 2.42. The second-order valence-electron chi connectivity index (χ2n) is 7.21. The quantitative estimate of drug-likeness (QED) is 0.377. The molecule has 156 valence electrons. The lowest BCUT2D eigenvalue weighted by molar-refractivity contribution is -0.123. The number of carbonyl (C=O) groups is 3. The molecule has 2 aromatic carbocycles. The van der Waals surface area contributed by atoms with Crippen molar-refractivity contribution in [2.24, 2.45) is 0 Å². The molecule has 0 fully saturated rings. The number of phenols is 2. The highest BCUT2D eigenvalue weighted by Crippen LogP contribution is 2.42. The van der Waals surface area contributed by atoms with E-state index in [-0.39, 0.29) is 34.6 Å². The van der Waals surface area contributed by atoms with E-state index in [9.17, 15) is 24.6 Å². The van der Waals surface area contributed by atoms with Crippen LogP contribution >= 0.6 is 0 Å². The summed E-state index contributed by atoms with van der Waals surface area (Å²) in [5.74, 6) is -2.62. The molecule has 0 atom stereocenters. The molecule has 0 saturated heterocycles. The van der Waals surface area contributed by atoms with Crippen molar-refractivity contribution in [2.45, 2.75) is 6.54 Å². The van der Waals surface area contributed by atoms with Crippen LogP contribution in [0.4, 0.5) is 0 Å². The molecule has 2 heterocycles. The van der Waals surface area contributed by atoms with Gasteiger partial charge in [0.25, 0.3) is 11.8 Å². The molecule has 0 spiro atoms. The number of phenolic OH excluding ortho intramolecular Hbond substituents is 2. The minimum atomic E-state index is -0.732. The minimum Gasteiger partial charge on any atom is -0.505 e. The Kier molecular flexibility index (Phi) is 4.86. The Labute approximate surface area is 176 Å². The zero-order valence-electron chi connectivity index (χ0n) is 16.7. The van der Waals surface area contributed by atoms with Crippen molar-refractivity contribution in [1.82, 2.24) is 19.8 Å². The first-order valence-electron chi connectivity index (χ1n) is 9.32. The average molecular weight is 418 g/mol. The second-order valence-corrected chi connectivity index (χ2v) is 7.21. The standard InChI is InChI=1S/C22H18N4O5/c1-25(2)14(27)7-6-12-4-3-5-13(10-12)11-26-21(30)15-16(22(26)31)20(29)18-17(19(15)28)23-8-9-24-18/h3-10,28-29H,11H2,1-2H3/b7-6+. The highest BCUT2D eigenvalue weighted by atomic mass is 16.3. The normalized spacial score (nSPS) is 13.3. The maximum atomic E-state index is 12.9. The van der Waals surface area contributed by atoms with Crippen molar-refractivity contribution in [3.63, 3.8) is 0 Å². The number of likely N-dealkylation sites (N-methyl/N-ethyl adjacent to an activating group) is 1. The number of aromatic hydroxyl groups is 2. The van der Waals surface area contributed by atoms with Gasteiger partial charge in [-0.25, -0.2) is 9.97 Å². The topological polar surface area (TPSA) is 124 Å². The van der Waals surface area contributed by atoms with E-state index in [0.29, 0.717) is 11.1 Å². The lowest BCUT2D eigenvalue weighted by atomic mass is 10.1. The average Bonchev–Trinajstić information content (AvgIpc) is 3.01. The number of hydrogen-bond donors (Lipinski definition) is 2. The van der Waals surface area contributed by atoms with Gasteiger partial charge in [0.2, 0.25) is 5.91 Å². The van der Waals surface area contributed by atoms with Gasteiger partial charge in [-0.05, 0) is 23.3 Å². The summed E-state index contributed by atoms with van der Waals surface area (Å²) in [6.45, 7) is -0.0776. The first-order chi connectivity index (χ1) is 14.8. The Balaban J connectivity index is 1.67. The Morgan fingerprint density at radius 2 is 1.61 bits per heavy atom. The molecule has 3 amide bonds. The van der Waals surface area contributed by atoms with E-state index in [1.807, 2.05) is 0 Å². The van der Waals surface area contributed by atoms with Crippen LogP contribution in [-0.2, 0) is 11.3 Å². The lowest BCUT2D eigenvalue weighted by Gasteiger charge is -2.14. The fourth-order valence-corrected chi connectivity index (χ4v) is 3.37. The van der Waals surface area contributed by atoms with Gasteiger partial charge >= 0.3 is 0 Å². The van der Waals surface area contributed by atoms with Crippen molar-refractivity contribution in [2.75, 3.05) is 14.1 Å². The van der Waals surface area contributed by atoms with Gasteiger partial charge in [-0.3, -0.25) is 19.3 Å². The van der Waals surface area contributed by atoms with Gasteiger partial charge in [0.1, 0.15) is 22.2 Å². The fraction of sp³-hybridized carbons (Fsp3) is 0.136. The molecule has 0 saturated carbocycles. The van der Waals surface area contributed by atoms with Crippen LogP contribution < -0.4 is 0 Å². The largest absolute Gasteiger partial charge is 0.505 e. The molecule has 0 aliphatic carbocycles. The molecule has 1 aromatic heterocycles. The Hall–Kier alpha value is -4.27. The van der Waals surface area contributed by atoms with E-state index in [1.165, 1.54) is 23.4 Å². The summed E-state index contributed by atoms with van der Waals surface area (Å²) < 4.78 is 0. The number of benzene rings is 2. The van der Waals surface area contributed by atoms with Gasteiger partial charge in [-0.2, -0.15) is 0 Å². The molecular formula is C22H18N4O5. The third-order valence-corrected chi connectivity index (χ3v) is 4.94. The fourth-order valence-electron chi connectivity index (χ4n) is 3.37. The Bertz CT molecular complexity index is 1220. The SMILES string of the molecule is CN(C)C(=O)/C=C/c1cccc(CN2C(=O)c3c(c(O)c4nccnc4c3O)C2=O)c1. The van der Waals surface area contributed by atoms with Gasteiger partial charge in [-0.15, -0.1) is 0 Å². The van der Waals surface area contributed by atoms with Crippen LogP contribution in [0.25, 0.3) is 17.1 Å². The van der Waals surface area contributed by atoms with E-state index >= 15 is 0 Å². The van der Waals surface area contributed by atoms with Gasteiger partial charge in [0.15, 0.2) is 11.5 Å². The van der Waals surface area contributed by atoms with Crippen LogP contribution in [0.5, 0.6) is 11.5 Å². The molecule has 9 heteroatoms. The summed E-state index contributed by atoms with van der Waals surface area (Å²) in [5.41, 5.74) is 0.660. The zero-order chi connectivity index (χ0) is 22.3. The van der Waals surface area contributed by atoms with Crippen LogP contribution in [0.3, 0.4) is 0 Å². The summed E-state index contributed by atoms with van der Waals surface area (Å²) in [4.78, 5) is 47.9. The third-order valence-electron chi connectivity index (χ3n) is 4.94. The first kappa shape index (κ1) is 20.0. The minimum absolute atomic E-state index is 0.0561. The van der Waals surface area contributed by atoms with Crippen LogP contribution in [0.1, 0.15) is 31.8 Å². The van der Waals surface area contributed by atoms with Gasteiger partial charge in [0.05, 0.1) is 6.54 Å². The van der Waals surface area contributed by atoms with Crippen molar-refractivity contribution in [3.05, 3.63) is 65.0 Å². The molecular weight excluding hydrogens is 400 g/mol. The summed E-state index contributed by atoms with van der Waals surface area (Å²) in [6.07, 6.45) is 5.68. The number of amides is 3. The Morgan fingerprint density at radius 3 is 2.16 bits per heavy atom. The summed E-state index contributed by atoms with van der Waals surface area (Å²) in [5, 5.41) is 21.0. The molecule has 1 aliphatic heterocycles. The predicted molar refractivity (Wildman–Crippen MR) is 111 cm³/mol. The van der Waals surface area contributed by atoms with Gasteiger partial charge in [-0.1, -0.05) is 18.2 Å². The van der Waals surface area contributed by atoms with Gasteiger partial charge in [0, 0.05) is 32.6 Å². The van der Waals surface area contributed by atoms with Crippen molar-refractivity contribution in [3.8, 4) is 11.5 Å². The van der Waals surface area contributed by atoms with Crippen molar-refractivity contribution < 1.29 is 24.6 Å². The number of imide groups is 1. The van der Waals surface area contributed by atoms with E-state index in [2.05, 4.69) is 9.97 Å². The number of carbonyl (C=O) groups excluding carboxylic acids is 3. The number of nitrogens with zero attached hydrogens (tertiary/aromatic N) is 4. The number of rotatable bonds is 4. The molecule has 3 aromatic rings. The maximum Gasteiger partial charge on any atom is 0.265 e. The predicted octanol–water partition coefficient (Wildman–Crippen LogP) is 1.94. The van der Waals surface area contributed by atoms with E-state index in [0.717, 1.165) is 4.90 Å². The third kappa shape index (κ3) is 3.35. The highest BCUT2D eigenvalue weighted by molar-refractivity contribution is 6.26. The number of hydrogen-bond acceptors (Lipinski definition) is 7. The monoisotopic (exact) mass is 418 g/mol.